The highest BCUT2D eigenvalue weighted by atomic mass is 35.5. The monoisotopic (exact) mass is 396 g/mol. The molecule has 5 nitrogen and oxygen atoms in total. The van der Waals surface area contributed by atoms with Crippen LogP contribution in [0.4, 0.5) is 5.69 Å². The van der Waals surface area contributed by atoms with Gasteiger partial charge in [0.05, 0.1) is 16.3 Å². The number of pyridine rings is 1. The van der Waals surface area contributed by atoms with Gasteiger partial charge in [-0.1, -0.05) is 47.5 Å². The molecule has 0 fully saturated rings. The van der Waals surface area contributed by atoms with Gasteiger partial charge in [-0.3, -0.25) is 14.4 Å². The van der Waals surface area contributed by atoms with Gasteiger partial charge in [-0.05, 0) is 24.3 Å². The molecule has 0 atom stereocenters. The number of rotatable bonds is 2. The van der Waals surface area contributed by atoms with E-state index in [4.69, 9.17) is 23.2 Å². The van der Waals surface area contributed by atoms with E-state index in [1.54, 1.807) is 30.3 Å². The van der Waals surface area contributed by atoms with Crippen LogP contribution in [0, 0.1) is 0 Å². The van der Waals surface area contributed by atoms with Crippen molar-refractivity contribution >= 4 is 46.4 Å². The van der Waals surface area contributed by atoms with E-state index >= 15 is 0 Å². The van der Waals surface area contributed by atoms with Crippen LogP contribution in [0.2, 0.25) is 10.2 Å². The third-order valence-electron chi connectivity index (χ3n) is 4.26. The summed E-state index contributed by atoms with van der Waals surface area (Å²) in [7, 11) is 0. The summed E-state index contributed by atoms with van der Waals surface area (Å²) >= 11 is 12.2. The normalized spacial score (nSPS) is 12.4. The molecule has 0 radical (unpaired) electrons. The number of hydrogen-bond donors (Lipinski definition) is 1. The molecule has 1 amide bonds. The molecule has 0 saturated carbocycles. The summed E-state index contributed by atoms with van der Waals surface area (Å²) in [5, 5.41) is 2.80. The van der Waals surface area contributed by atoms with E-state index < -0.39 is 5.91 Å². The average Bonchev–Trinajstić information content (AvgIpc) is 2.67. The molecule has 1 aliphatic rings. The van der Waals surface area contributed by atoms with Crippen molar-refractivity contribution in [2.24, 2.45) is 0 Å². The molecule has 1 N–H and O–H groups in total. The quantitative estimate of drug-likeness (QED) is 0.508. The van der Waals surface area contributed by atoms with Crippen molar-refractivity contribution in [1.29, 1.82) is 0 Å². The Labute approximate surface area is 163 Å². The molecule has 132 valence electrons. The number of ketones is 2. The molecule has 7 heteroatoms. The molecule has 1 aromatic heterocycles. The lowest BCUT2D eigenvalue weighted by Gasteiger charge is -2.19. The highest BCUT2D eigenvalue weighted by Crippen LogP contribution is 2.33. The molecule has 1 heterocycles. The third-order valence-corrected chi connectivity index (χ3v) is 4.88. The van der Waals surface area contributed by atoms with E-state index in [1.165, 1.54) is 24.4 Å². The molecule has 0 unspecified atom stereocenters. The van der Waals surface area contributed by atoms with Gasteiger partial charge >= 0.3 is 0 Å². The topological polar surface area (TPSA) is 76.1 Å². The third kappa shape index (κ3) is 2.91. The van der Waals surface area contributed by atoms with E-state index in [2.05, 4.69) is 10.3 Å². The molecule has 0 spiro atoms. The van der Waals surface area contributed by atoms with Crippen molar-refractivity contribution in [2.75, 3.05) is 5.32 Å². The van der Waals surface area contributed by atoms with Crippen LogP contribution in [0.25, 0.3) is 0 Å². The first-order chi connectivity index (χ1) is 13.0. The molecule has 27 heavy (non-hydrogen) atoms. The predicted molar refractivity (Wildman–Crippen MR) is 102 cm³/mol. The van der Waals surface area contributed by atoms with Gasteiger partial charge in [0.15, 0.2) is 11.6 Å². The summed E-state index contributed by atoms with van der Waals surface area (Å²) in [6.45, 7) is 0. The standard InChI is InChI=1S/C20H10Cl2N2O3/c21-15-8-13-14(18(26)11-5-2-1-4-10(11)17(13)25)9-16(15)24-20(27)12-6-3-7-23-19(12)22/h1-9H,(H,24,27). The maximum atomic E-state index is 12.8. The van der Waals surface area contributed by atoms with Crippen LogP contribution < -0.4 is 5.32 Å². The van der Waals surface area contributed by atoms with Crippen LogP contribution in [0.15, 0.2) is 54.7 Å². The first-order valence-electron chi connectivity index (χ1n) is 7.91. The van der Waals surface area contributed by atoms with Crippen LogP contribution in [-0.4, -0.2) is 22.5 Å². The summed E-state index contributed by atoms with van der Waals surface area (Å²) in [4.78, 5) is 41.8. The Kier molecular flexibility index (Phi) is 4.26. The number of amides is 1. The van der Waals surface area contributed by atoms with Crippen LogP contribution in [0.3, 0.4) is 0 Å². The van der Waals surface area contributed by atoms with Crippen molar-refractivity contribution in [3.8, 4) is 0 Å². The molecule has 0 aliphatic heterocycles. The van der Waals surface area contributed by atoms with Crippen LogP contribution in [-0.2, 0) is 0 Å². The van der Waals surface area contributed by atoms with E-state index in [-0.39, 0.29) is 44.1 Å². The van der Waals surface area contributed by atoms with Gasteiger partial charge in [0.2, 0.25) is 0 Å². The minimum absolute atomic E-state index is 0.0456. The molecular formula is C20H10Cl2N2O3. The summed E-state index contributed by atoms with van der Waals surface area (Å²) in [5.74, 6) is -1.10. The largest absolute Gasteiger partial charge is 0.321 e. The van der Waals surface area contributed by atoms with E-state index in [0.29, 0.717) is 11.1 Å². The van der Waals surface area contributed by atoms with Crippen LogP contribution >= 0.6 is 23.2 Å². The van der Waals surface area contributed by atoms with E-state index in [0.717, 1.165) is 0 Å². The minimum atomic E-state index is -0.523. The Morgan fingerprint density at radius 2 is 1.48 bits per heavy atom. The molecule has 2 aromatic carbocycles. The zero-order chi connectivity index (χ0) is 19.1. The van der Waals surface area contributed by atoms with Crippen LogP contribution in [0.5, 0.6) is 0 Å². The number of aromatic nitrogens is 1. The van der Waals surface area contributed by atoms with E-state index in [1.807, 2.05) is 0 Å². The Morgan fingerprint density at radius 1 is 0.852 bits per heavy atom. The number of carbonyl (C=O) groups is 3. The van der Waals surface area contributed by atoms with E-state index in [9.17, 15) is 14.4 Å². The maximum Gasteiger partial charge on any atom is 0.258 e. The Balaban J connectivity index is 1.76. The van der Waals surface area contributed by atoms with Gasteiger partial charge in [-0.25, -0.2) is 4.98 Å². The number of anilines is 1. The van der Waals surface area contributed by atoms with Gasteiger partial charge in [0.25, 0.3) is 5.91 Å². The Morgan fingerprint density at radius 3 is 2.11 bits per heavy atom. The summed E-state index contributed by atoms with van der Waals surface area (Å²) in [5.41, 5.74) is 1.44. The second-order valence-electron chi connectivity index (χ2n) is 5.88. The predicted octanol–water partition coefficient (Wildman–Crippen LogP) is 4.42. The fourth-order valence-corrected chi connectivity index (χ4v) is 3.38. The number of fused-ring (bicyclic) bond motifs is 2. The molecule has 0 bridgehead atoms. The number of nitrogens with zero attached hydrogens (tertiary/aromatic N) is 1. The van der Waals surface area contributed by atoms with Crippen molar-refractivity contribution in [3.63, 3.8) is 0 Å². The highest BCUT2D eigenvalue weighted by Gasteiger charge is 2.30. The fourth-order valence-electron chi connectivity index (χ4n) is 2.96. The Bertz CT molecular complexity index is 1140. The first kappa shape index (κ1) is 17.4. The van der Waals surface area contributed by atoms with Crippen molar-refractivity contribution in [3.05, 3.63) is 92.7 Å². The molecular weight excluding hydrogens is 387 g/mol. The molecule has 1 aliphatic carbocycles. The number of halogens is 2. The summed E-state index contributed by atoms with van der Waals surface area (Å²) in [6, 6.07) is 12.5. The zero-order valence-corrected chi connectivity index (χ0v) is 15.1. The van der Waals surface area contributed by atoms with Gasteiger partial charge < -0.3 is 5.32 Å². The van der Waals surface area contributed by atoms with Crippen molar-refractivity contribution in [2.45, 2.75) is 0 Å². The van der Waals surface area contributed by atoms with Crippen molar-refractivity contribution < 1.29 is 14.4 Å². The molecule has 0 saturated heterocycles. The number of benzene rings is 2. The second kappa shape index (κ2) is 6.61. The number of hydrogen-bond acceptors (Lipinski definition) is 4. The minimum Gasteiger partial charge on any atom is -0.321 e. The van der Waals surface area contributed by atoms with Gasteiger partial charge in [0.1, 0.15) is 5.15 Å². The highest BCUT2D eigenvalue weighted by molar-refractivity contribution is 6.37. The number of carbonyl (C=O) groups excluding carboxylic acids is 3. The Hall–Kier alpha value is -3.02. The average molecular weight is 397 g/mol. The molecule has 3 aromatic rings. The summed E-state index contributed by atoms with van der Waals surface area (Å²) in [6.07, 6.45) is 1.46. The first-order valence-corrected chi connectivity index (χ1v) is 8.67. The van der Waals surface area contributed by atoms with Gasteiger partial charge in [0, 0.05) is 28.5 Å². The van der Waals surface area contributed by atoms with Gasteiger partial charge in [-0.15, -0.1) is 0 Å². The van der Waals surface area contributed by atoms with Gasteiger partial charge in [-0.2, -0.15) is 0 Å². The SMILES string of the molecule is O=C1c2ccccc2C(=O)c2cc(NC(=O)c3cccnc3Cl)c(Cl)cc21. The fraction of sp³-hybridized carbons (Fsp3) is 0. The zero-order valence-electron chi connectivity index (χ0n) is 13.6. The lowest BCUT2D eigenvalue weighted by atomic mass is 9.84. The van der Waals surface area contributed by atoms with Crippen LogP contribution in [0.1, 0.15) is 42.2 Å². The van der Waals surface area contributed by atoms with Crippen molar-refractivity contribution in [1.82, 2.24) is 4.98 Å². The summed E-state index contributed by atoms with van der Waals surface area (Å²) < 4.78 is 0. The lowest BCUT2D eigenvalue weighted by Crippen LogP contribution is -2.22. The second-order valence-corrected chi connectivity index (χ2v) is 6.64. The smallest absolute Gasteiger partial charge is 0.258 e. The molecule has 4 rings (SSSR count). The lowest BCUT2D eigenvalue weighted by molar-refractivity contribution is 0.0979. The number of nitrogens with one attached hydrogen (secondary N) is 1. The maximum absolute atomic E-state index is 12.8.